The molecule has 4 heterocycles. The normalized spacial score (nSPS) is 13.3. The summed E-state index contributed by atoms with van der Waals surface area (Å²) in [6.45, 7) is 2.58. The van der Waals surface area contributed by atoms with Gasteiger partial charge in [0.25, 0.3) is 0 Å². The van der Waals surface area contributed by atoms with Crippen LogP contribution in [0.15, 0.2) is 29.9 Å². The molecule has 1 aliphatic heterocycles. The Balaban J connectivity index is 1.97. The third-order valence-corrected chi connectivity index (χ3v) is 5.34. The number of nitriles is 1. The number of aromatic nitrogens is 3. The number of hydrogen-bond acceptors (Lipinski definition) is 6. The van der Waals surface area contributed by atoms with Gasteiger partial charge in [0.1, 0.15) is 17.5 Å². The van der Waals surface area contributed by atoms with Gasteiger partial charge < -0.3 is 10.6 Å². The Morgan fingerprint density at radius 3 is 3.00 bits per heavy atom. The average molecular weight is 364 g/mol. The topological polar surface area (TPSA) is 101 Å². The monoisotopic (exact) mass is 364 g/mol. The van der Waals surface area contributed by atoms with Gasteiger partial charge in [-0.05, 0) is 12.1 Å². The zero-order valence-corrected chi connectivity index (χ0v) is 15.0. The van der Waals surface area contributed by atoms with Gasteiger partial charge in [-0.2, -0.15) is 5.26 Å². The van der Waals surface area contributed by atoms with Gasteiger partial charge in [0.15, 0.2) is 5.13 Å². The van der Waals surface area contributed by atoms with Crippen molar-refractivity contribution in [3.8, 4) is 22.5 Å². The van der Waals surface area contributed by atoms with Gasteiger partial charge in [-0.1, -0.05) is 0 Å². The van der Waals surface area contributed by atoms with Crippen LogP contribution in [0.2, 0.25) is 0 Å². The Morgan fingerprint density at radius 1 is 1.46 bits per heavy atom. The Bertz CT molecular complexity index is 1030. The van der Waals surface area contributed by atoms with Crippen LogP contribution in [-0.2, 0) is 17.8 Å². The van der Waals surface area contributed by atoms with Crippen LogP contribution in [0.1, 0.15) is 23.7 Å². The fraction of sp³-hybridized carbons (Fsp3) is 0.222. The summed E-state index contributed by atoms with van der Waals surface area (Å²) in [6.07, 6.45) is 4.27. The van der Waals surface area contributed by atoms with Crippen LogP contribution < -0.4 is 5.73 Å². The standard InChI is InChI=1S/C18H16N6OS/c1-11(25)23-7-4-14-13(10-23)16(12(9-19)17(20)22-14)15-3-2-6-24(15)18-21-5-8-26-18/h2-3,5-6,8H,4,7,10H2,1H3,(H2,20,22). The predicted molar refractivity (Wildman–Crippen MR) is 98.6 cm³/mol. The lowest BCUT2D eigenvalue weighted by molar-refractivity contribution is -0.129. The summed E-state index contributed by atoms with van der Waals surface area (Å²) in [5.74, 6) is 0.233. The molecule has 130 valence electrons. The number of rotatable bonds is 2. The molecule has 0 aliphatic carbocycles. The second-order valence-electron chi connectivity index (χ2n) is 6.05. The van der Waals surface area contributed by atoms with Crippen molar-refractivity contribution >= 4 is 23.1 Å². The van der Waals surface area contributed by atoms with E-state index in [2.05, 4.69) is 16.0 Å². The molecule has 0 bridgehead atoms. The fourth-order valence-corrected chi connectivity index (χ4v) is 3.97. The molecule has 1 aliphatic rings. The van der Waals surface area contributed by atoms with Crippen molar-refractivity contribution in [1.29, 1.82) is 5.26 Å². The maximum atomic E-state index is 11.9. The number of amides is 1. The molecule has 7 nitrogen and oxygen atoms in total. The van der Waals surface area contributed by atoms with Crippen LogP contribution in [0.4, 0.5) is 5.82 Å². The molecule has 8 heteroatoms. The zero-order valence-electron chi connectivity index (χ0n) is 14.1. The minimum atomic E-state index is 0.00670. The van der Waals surface area contributed by atoms with Crippen molar-refractivity contribution in [2.45, 2.75) is 19.9 Å². The Labute approximate surface area is 154 Å². The minimum absolute atomic E-state index is 0.00670. The van der Waals surface area contributed by atoms with E-state index in [9.17, 15) is 10.1 Å². The molecule has 0 atom stereocenters. The van der Waals surface area contributed by atoms with E-state index in [1.807, 2.05) is 28.3 Å². The molecule has 3 aromatic rings. The SMILES string of the molecule is CC(=O)N1CCc2nc(N)c(C#N)c(-c3cccn3-c3nccs3)c2C1. The number of anilines is 1. The second kappa shape index (κ2) is 6.28. The van der Waals surface area contributed by atoms with Gasteiger partial charge >= 0.3 is 0 Å². The van der Waals surface area contributed by atoms with Gasteiger partial charge in [0.2, 0.25) is 5.91 Å². The summed E-state index contributed by atoms with van der Waals surface area (Å²) in [5, 5.41) is 12.4. The molecular formula is C18H16N6OS. The van der Waals surface area contributed by atoms with Crippen LogP contribution in [-0.4, -0.2) is 31.9 Å². The highest BCUT2D eigenvalue weighted by Gasteiger charge is 2.27. The molecule has 0 fully saturated rings. The van der Waals surface area contributed by atoms with Gasteiger partial charge in [0, 0.05) is 55.3 Å². The first kappa shape index (κ1) is 16.3. The second-order valence-corrected chi connectivity index (χ2v) is 6.93. The molecule has 0 spiro atoms. The van der Waals surface area contributed by atoms with Crippen molar-refractivity contribution in [3.63, 3.8) is 0 Å². The number of nitrogen functional groups attached to an aromatic ring is 1. The lowest BCUT2D eigenvalue weighted by Crippen LogP contribution is -2.35. The third-order valence-electron chi connectivity index (χ3n) is 4.57. The van der Waals surface area contributed by atoms with E-state index >= 15 is 0 Å². The first-order valence-corrected chi connectivity index (χ1v) is 9.02. The summed E-state index contributed by atoms with van der Waals surface area (Å²) in [5.41, 5.74) is 9.72. The molecule has 0 radical (unpaired) electrons. The van der Waals surface area contributed by atoms with E-state index in [4.69, 9.17) is 5.73 Å². The molecule has 2 N–H and O–H groups in total. The molecule has 0 saturated heterocycles. The summed E-state index contributed by atoms with van der Waals surface area (Å²) in [6, 6.07) is 6.04. The molecule has 1 amide bonds. The molecule has 0 saturated carbocycles. The average Bonchev–Trinajstić information content (AvgIpc) is 3.31. The number of fused-ring (bicyclic) bond motifs is 1. The molecule has 0 aromatic carbocycles. The zero-order chi connectivity index (χ0) is 18.3. The van der Waals surface area contributed by atoms with Crippen LogP contribution in [0.25, 0.3) is 16.4 Å². The highest BCUT2D eigenvalue weighted by molar-refractivity contribution is 7.12. The highest BCUT2D eigenvalue weighted by atomic mass is 32.1. The van der Waals surface area contributed by atoms with Crippen molar-refractivity contribution < 1.29 is 4.79 Å². The van der Waals surface area contributed by atoms with Gasteiger partial charge in [-0.3, -0.25) is 9.36 Å². The van der Waals surface area contributed by atoms with Gasteiger partial charge in [-0.25, -0.2) is 9.97 Å². The lowest BCUT2D eigenvalue weighted by Gasteiger charge is -2.29. The van der Waals surface area contributed by atoms with E-state index in [0.717, 1.165) is 27.6 Å². The number of nitrogens with two attached hydrogens (primary N) is 1. The van der Waals surface area contributed by atoms with Crippen LogP contribution in [0.3, 0.4) is 0 Å². The van der Waals surface area contributed by atoms with Gasteiger partial charge in [0.05, 0.1) is 11.4 Å². The van der Waals surface area contributed by atoms with Crippen LogP contribution >= 0.6 is 11.3 Å². The number of carbonyl (C=O) groups is 1. The molecule has 4 rings (SSSR count). The van der Waals surface area contributed by atoms with Crippen LogP contribution in [0.5, 0.6) is 0 Å². The number of thiazole rings is 1. The number of carbonyl (C=O) groups excluding carboxylic acids is 1. The Hall–Kier alpha value is -3.18. The van der Waals surface area contributed by atoms with Crippen molar-refractivity contribution in [2.75, 3.05) is 12.3 Å². The smallest absolute Gasteiger partial charge is 0.219 e. The fourth-order valence-electron chi connectivity index (χ4n) is 3.33. The number of hydrogen-bond donors (Lipinski definition) is 1. The van der Waals surface area contributed by atoms with E-state index in [0.29, 0.717) is 25.1 Å². The Morgan fingerprint density at radius 2 is 2.31 bits per heavy atom. The first-order valence-electron chi connectivity index (χ1n) is 8.14. The molecule has 3 aromatic heterocycles. The van der Waals surface area contributed by atoms with E-state index in [1.54, 1.807) is 18.0 Å². The van der Waals surface area contributed by atoms with E-state index in [-0.39, 0.29) is 11.7 Å². The van der Waals surface area contributed by atoms with Crippen LogP contribution in [0, 0.1) is 11.3 Å². The molecular weight excluding hydrogens is 348 g/mol. The first-order chi connectivity index (χ1) is 12.6. The summed E-state index contributed by atoms with van der Waals surface area (Å²) in [4.78, 5) is 22.5. The van der Waals surface area contributed by atoms with E-state index in [1.165, 1.54) is 11.3 Å². The lowest BCUT2D eigenvalue weighted by atomic mass is 9.93. The van der Waals surface area contributed by atoms with E-state index < -0.39 is 0 Å². The maximum Gasteiger partial charge on any atom is 0.219 e. The van der Waals surface area contributed by atoms with Gasteiger partial charge in [-0.15, -0.1) is 11.3 Å². The van der Waals surface area contributed by atoms with Crippen molar-refractivity contribution in [3.05, 3.63) is 46.7 Å². The summed E-state index contributed by atoms with van der Waals surface area (Å²) >= 11 is 1.51. The van der Waals surface area contributed by atoms with Crippen molar-refractivity contribution in [2.24, 2.45) is 0 Å². The number of nitrogens with zero attached hydrogens (tertiary/aromatic N) is 5. The Kier molecular flexibility index (Phi) is 3.93. The molecule has 0 unspecified atom stereocenters. The summed E-state index contributed by atoms with van der Waals surface area (Å²) < 4.78 is 1.94. The third kappa shape index (κ3) is 2.53. The largest absolute Gasteiger partial charge is 0.383 e. The molecule has 26 heavy (non-hydrogen) atoms. The quantitative estimate of drug-likeness (QED) is 0.752. The highest BCUT2D eigenvalue weighted by Crippen LogP contribution is 2.36. The van der Waals surface area contributed by atoms with Crippen molar-refractivity contribution in [1.82, 2.24) is 19.4 Å². The number of pyridine rings is 1. The minimum Gasteiger partial charge on any atom is -0.383 e. The predicted octanol–water partition coefficient (Wildman–Crippen LogP) is 2.35. The maximum absolute atomic E-state index is 11.9. The summed E-state index contributed by atoms with van der Waals surface area (Å²) in [7, 11) is 0.